The zero-order valence-corrected chi connectivity index (χ0v) is 14.5. The zero-order chi connectivity index (χ0) is 16.4. The second-order valence-corrected chi connectivity index (χ2v) is 8.25. The van der Waals surface area contributed by atoms with Crippen LogP contribution >= 0.6 is 0 Å². The first-order valence-electron chi connectivity index (χ1n) is 8.01. The number of nitrogens with zero attached hydrogens (tertiary/aromatic N) is 3. The van der Waals surface area contributed by atoms with E-state index in [1.54, 1.807) is 16.6 Å². The van der Waals surface area contributed by atoms with Crippen molar-refractivity contribution in [3.63, 3.8) is 0 Å². The van der Waals surface area contributed by atoms with Gasteiger partial charge in [0.2, 0.25) is 10.0 Å². The highest BCUT2D eigenvalue weighted by Crippen LogP contribution is 2.26. The zero-order valence-electron chi connectivity index (χ0n) is 13.6. The van der Waals surface area contributed by atoms with Gasteiger partial charge in [-0.15, -0.1) is 0 Å². The molecule has 0 unspecified atom stereocenters. The van der Waals surface area contributed by atoms with E-state index in [0.29, 0.717) is 23.9 Å². The van der Waals surface area contributed by atoms with Crippen LogP contribution in [0.3, 0.4) is 0 Å². The molecule has 1 fully saturated rings. The summed E-state index contributed by atoms with van der Waals surface area (Å²) in [6.07, 6.45) is 5.49. The van der Waals surface area contributed by atoms with Gasteiger partial charge in [-0.3, -0.25) is 4.68 Å². The lowest BCUT2D eigenvalue weighted by Crippen LogP contribution is -2.39. The van der Waals surface area contributed by atoms with Crippen LogP contribution in [0.4, 0.5) is 0 Å². The summed E-state index contributed by atoms with van der Waals surface area (Å²) >= 11 is 0. The van der Waals surface area contributed by atoms with E-state index in [1.165, 1.54) is 0 Å². The molecule has 0 aliphatic carbocycles. The fraction of sp³-hybridized carbons (Fsp3) is 0.471. The fourth-order valence-electron chi connectivity index (χ4n) is 3.13. The van der Waals surface area contributed by atoms with Crippen molar-refractivity contribution >= 4 is 10.0 Å². The topological polar surface area (TPSA) is 55.2 Å². The lowest BCUT2D eigenvalue weighted by molar-refractivity contribution is 0.247. The van der Waals surface area contributed by atoms with E-state index in [-0.39, 0.29) is 0 Å². The van der Waals surface area contributed by atoms with Gasteiger partial charge in [0.15, 0.2) is 0 Å². The molecule has 0 amide bonds. The molecule has 1 saturated heterocycles. The molecule has 5 nitrogen and oxygen atoms in total. The van der Waals surface area contributed by atoms with Crippen molar-refractivity contribution in [2.24, 2.45) is 5.92 Å². The molecule has 0 saturated carbocycles. The molecule has 1 aromatic heterocycles. The third-order valence-electron chi connectivity index (χ3n) is 4.54. The second-order valence-electron chi connectivity index (χ2n) is 6.34. The van der Waals surface area contributed by atoms with Gasteiger partial charge in [0.1, 0.15) is 0 Å². The highest BCUT2D eigenvalue weighted by atomic mass is 32.2. The molecule has 1 aliphatic rings. The first kappa shape index (κ1) is 16.2. The molecule has 0 atom stereocenters. The maximum Gasteiger partial charge on any atom is 0.243 e. The Balaban J connectivity index is 1.70. The Bertz CT molecular complexity index is 761. The molecule has 0 radical (unpaired) electrons. The maximum absolute atomic E-state index is 12.9. The highest BCUT2D eigenvalue weighted by Gasteiger charge is 2.30. The smallest absolute Gasteiger partial charge is 0.243 e. The summed E-state index contributed by atoms with van der Waals surface area (Å²) in [6, 6.07) is 7.53. The standard InChI is InChI=1S/C17H23N3O2S/c1-14-4-5-15(2)17(12-14)23(21,22)20-10-6-16(7-11-20)13-19-9-3-8-18-19/h3-5,8-9,12,16H,6-7,10-11,13H2,1-2H3. The summed E-state index contributed by atoms with van der Waals surface area (Å²) < 4.78 is 29.3. The number of hydrogen-bond donors (Lipinski definition) is 0. The minimum atomic E-state index is -3.39. The predicted octanol–water partition coefficient (Wildman–Crippen LogP) is 2.60. The average molecular weight is 333 g/mol. The number of piperidine rings is 1. The number of aryl methyl sites for hydroxylation is 2. The maximum atomic E-state index is 12.9. The monoisotopic (exact) mass is 333 g/mol. The minimum absolute atomic E-state index is 0.447. The first-order chi connectivity index (χ1) is 11.0. The van der Waals surface area contributed by atoms with E-state index < -0.39 is 10.0 Å². The van der Waals surface area contributed by atoms with Gasteiger partial charge in [-0.25, -0.2) is 8.42 Å². The molecule has 2 heterocycles. The van der Waals surface area contributed by atoms with Gasteiger partial charge in [0, 0.05) is 32.0 Å². The summed E-state index contributed by atoms with van der Waals surface area (Å²) in [5.41, 5.74) is 1.79. The summed E-state index contributed by atoms with van der Waals surface area (Å²) in [6.45, 7) is 5.82. The quantitative estimate of drug-likeness (QED) is 0.864. The fourth-order valence-corrected chi connectivity index (χ4v) is 4.91. The van der Waals surface area contributed by atoms with E-state index in [0.717, 1.165) is 30.5 Å². The van der Waals surface area contributed by atoms with E-state index in [4.69, 9.17) is 0 Å². The summed E-state index contributed by atoms with van der Waals surface area (Å²) in [4.78, 5) is 0.447. The van der Waals surface area contributed by atoms with Crippen molar-refractivity contribution < 1.29 is 8.42 Å². The molecule has 124 valence electrons. The lowest BCUT2D eigenvalue weighted by Gasteiger charge is -2.31. The van der Waals surface area contributed by atoms with Crippen LogP contribution in [0.25, 0.3) is 0 Å². The molecule has 0 spiro atoms. The predicted molar refractivity (Wildman–Crippen MR) is 89.6 cm³/mol. The SMILES string of the molecule is Cc1ccc(C)c(S(=O)(=O)N2CCC(Cn3cccn3)CC2)c1. The van der Waals surface area contributed by atoms with Crippen LogP contribution < -0.4 is 0 Å². The first-order valence-corrected chi connectivity index (χ1v) is 9.45. The Labute approximate surface area is 138 Å². The number of benzene rings is 1. The van der Waals surface area contributed by atoms with Crippen LogP contribution in [-0.2, 0) is 16.6 Å². The van der Waals surface area contributed by atoms with Gasteiger partial charge in [-0.1, -0.05) is 12.1 Å². The van der Waals surface area contributed by atoms with Gasteiger partial charge in [0.05, 0.1) is 4.90 Å². The molecule has 2 aromatic rings. The van der Waals surface area contributed by atoms with Crippen LogP contribution in [0.2, 0.25) is 0 Å². The molecule has 1 aromatic carbocycles. The third kappa shape index (κ3) is 3.48. The minimum Gasteiger partial charge on any atom is -0.272 e. The summed E-state index contributed by atoms with van der Waals surface area (Å²) in [5, 5.41) is 4.23. The van der Waals surface area contributed by atoms with Crippen molar-refractivity contribution in [3.05, 3.63) is 47.8 Å². The van der Waals surface area contributed by atoms with Gasteiger partial charge < -0.3 is 0 Å². The largest absolute Gasteiger partial charge is 0.272 e. The Hall–Kier alpha value is -1.66. The van der Waals surface area contributed by atoms with E-state index in [2.05, 4.69) is 5.10 Å². The van der Waals surface area contributed by atoms with Crippen molar-refractivity contribution in [3.8, 4) is 0 Å². The van der Waals surface area contributed by atoms with Gasteiger partial charge in [0.25, 0.3) is 0 Å². The van der Waals surface area contributed by atoms with Crippen molar-refractivity contribution in [1.29, 1.82) is 0 Å². The van der Waals surface area contributed by atoms with Crippen molar-refractivity contribution in [2.45, 2.75) is 38.1 Å². The van der Waals surface area contributed by atoms with E-state index >= 15 is 0 Å². The normalized spacial score (nSPS) is 17.5. The summed E-state index contributed by atoms with van der Waals surface area (Å²) in [5.74, 6) is 0.486. The van der Waals surface area contributed by atoms with Gasteiger partial charge in [-0.05, 0) is 55.9 Å². The van der Waals surface area contributed by atoms with Crippen LogP contribution in [0.5, 0.6) is 0 Å². The second kappa shape index (κ2) is 6.45. The summed E-state index contributed by atoms with van der Waals surface area (Å²) in [7, 11) is -3.39. The van der Waals surface area contributed by atoms with Crippen LogP contribution in [0, 0.1) is 19.8 Å². The van der Waals surface area contributed by atoms with Crippen LogP contribution in [-0.4, -0.2) is 35.6 Å². The Morgan fingerprint density at radius 3 is 2.61 bits per heavy atom. The van der Waals surface area contributed by atoms with Crippen LogP contribution in [0.1, 0.15) is 24.0 Å². The number of aromatic nitrogens is 2. The van der Waals surface area contributed by atoms with Crippen molar-refractivity contribution in [2.75, 3.05) is 13.1 Å². The van der Waals surface area contributed by atoms with Gasteiger partial charge >= 0.3 is 0 Å². The van der Waals surface area contributed by atoms with E-state index in [9.17, 15) is 8.42 Å². The number of rotatable bonds is 4. The molecule has 6 heteroatoms. The van der Waals surface area contributed by atoms with Gasteiger partial charge in [-0.2, -0.15) is 9.40 Å². The molecule has 23 heavy (non-hydrogen) atoms. The average Bonchev–Trinajstić information content (AvgIpc) is 3.03. The number of hydrogen-bond acceptors (Lipinski definition) is 3. The molecule has 0 N–H and O–H groups in total. The Morgan fingerprint density at radius 2 is 1.96 bits per heavy atom. The molecule has 1 aliphatic heterocycles. The molecule has 3 rings (SSSR count). The van der Waals surface area contributed by atoms with Crippen LogP contribution in [0.15, 0.2) is 41.6 Å². The third-order valence-corrected chi connectivity index (χ3v) is 6.58. The lowest BCUT2D eigenvalue weighted by atomic mass is 9.98. The van der Waals surface area contributed by atoms with Crippen molar-refractivity contribution in [1.82, 2.24) is 14.1 Å². The molecule has 0 bridgehead atoms. The van der Waals surface area contributed by atoms with E-state index in [1.807, 2.05) is 42.9 Å². The highest BCUT2D eigenvalue weighted by molar-refractivity contribution is 7.89. The molecular weight excluding hydrogens is 310 g/mol. The number of sulfonamides is 1. The Morgan fingerprint density at radius 1 is 1.22 bits per heavy atom. The molecular formula is C17H23N3O2S. The Kier molecular flexibility index (Phi) is 4.55.